The molecule has 0 heterocycles. The molecule has 0 aliphatic heterocycles. The van der Waals surface area contributed by atoms with Gasteiger partial charge in [-0.3, -0.25) is 4.79 Å². The van der Waals surface area contributed by atoms with Crippen molar-refractivity contribution in [3.63, 3.8) is 0 Å². The van der Waals surface area contributed by atoms with E-state index in [0.717, 1.165) is 17.7 Å². The molecule has 0 aromatic heterocycles. The van der Waals surface area contributed by atoms with Crippen LogP contribution < -0.4 is 0 Å². The minimum Gasteiger partial charge on any atom is -0.507 e. The Morgan fingerprint density at radius 3 is 2.18 bits per heavy atom. The molecular weight excluding hydrogens is 216 g/mol. The number of phenolic OH excluding ortho intramolecular Hbond substituents is 1. The molecule has 94 valence electrons. The molecule has 0 aliphatic carbocycles. The molecule has 17 heavy (non-hydrogen) atoms. The minimum atomic E-state index is 0.0937. The maximum absolute atomic E-state index is 10.9. The Morgan fingerprint density at radius 1 is 1.12 bits per heavy atom. The first-order valence-corrected chi connectivity index (χ1v) is 5.53. The van der Waals surface area contributed by atoms with Crippen molar-refractivity contribution < 1.29 is 9.90 Å². The molecule has 0 unspecified atom stereocenters. The molecule has 1 aromatic carbocycles. The average Bonchev–Trinajstić information content (AvgIpc) is 2.21. The van der Waals surface area contributed by atoms with Gasteiger partial charge in [0.15, 0.2) is 6.29 Å². The fraction of sp³-hybridized carbons (Fsp3) is 0.462. The van der Waals surface area contributed by atoms with E-state index in [-0.39, 0.29) is 5.75 Å². The molecule has 0 bridgehead atoms. The summed E-state index contributed by atoms with van der Waals surface area (Å²) in [5, 5.41) is 9.92. The highest BCUT2D eigenvalue weighted by Gasteiger charge is 2.10. The number of aldehydes is 1. The molecular formula is C13H20N2O2. The number of carbonyl (C=O) groups excluding carboxylic acids is 1. The Kier molecular flexibility index (Phi) is 4.66. The highest BCUT2D eigenvalue weighted by molar-refractivity contribution is 5.80. The van der Waals surface area contributed by atoms with Gasteiger partial charge in [-0.15, -0.1) is 0 Å². The summed E-state index contributed by atoms with van der Waals surface area (Å²) in [5.41, 5.74) is 2.18. The van der Waals surface area contributed by atoms with Crippen molar-refractivity contribution in [2.75, 3.05) is 28.2 Å². The number of hydrogen-bond acceptors (Lipinski definition) is 4. The van der Waals surface area contributed by atoms with Crippen molar-refractivity contribution in [2.45, 2.75) is 13.1 Å². The Hall–Kier alpha value is -1.39. The van der Waals surface area contributed by atoms with Crippen LogP contribution in [0.4, 0.5) is 0 Å². The standard InChI is InChI=1S/C13H20N2O2/c1-14(2)7-10-5-11(8-15(3)4)13(17)12(6-10)9-16/h5-6,9,17H,7-8H2,1-4H3. The minimum absolute atomic E-state index is 0.0937. The van der Waals surface area contributed by atoms with Gasteiger partial charge in [-0.05, 0) is 45.9 Å². The summed E-state index contributed by atoms with van der Waals surface area (Å²) < 4.78 is 0. The van der Waals surface area contributed by atoms with E-state index in [1.54, 1.807) is 6.07 Å². The van der Waals surface area contributed by atoms with Gasteiger partial charge < -0.3 is 14.9 Å². The highest BCUT2D eigenvalue weighted by Crippen LogP contribution is 2.24. The zero-order chi connectivity index (χ0) is 13.0. The number of carbonyl (C=O) groups is 1. The molecule has 0 radical (unpaired) electrons. The van der Waals surface area contributed by atoms with Crippen LogP contribution in [0.2, 0.25) is 0 Å². The van der Waals surface area contributed by atoms with Gasteiger partial charge >= 0.3 is 0 Å². The predicted octanol–water partition coefficient (Wildman–Crippen LogP) is 1.33. The number of rotatable bonds is 5. The SMILES string of the molecule is CN(C)Cc1cc(C=O)c(O)c(CN(C)C)c1. The third-order valence-corrected chi connectivity index (χ3v) is 2.39. The molecule has 1 rings (SSSR count). The molecule has 0 saturated heterocycles. The highest BCUT2D eigenvalue weighted by atomic mass is 16.3. The van der Waals surface area contributed by atoms with Gasteiger partial charge in [0.05, 0.1) is 5.56 Å². The predicted molar refractivity (Wildman–Crippen MR) is 68.3 cm³/mol. The van der Waals surface area contributed by atoms with E-state index >= 15 is 0 Å². The van der Waals surface area contributed by atoms with Crippen LogP contribution in [0.15, 0.2) is 12.1 Å². The fourth-order valence-corrected chi connectivity index (χ4v) is 1.79. The first-order valence-electron chi connectivity index (χ1n) is 5.53. The van der Waals surface area contributed by atoms with Crippen LogP contribution >= 0.6 is 0 Å². The average molecular weight is 236 g/mol. The molecule has 1 N–H and O–H groups in total. The lowest BCUT2D eigenvalue weighted by Crippen LogP contribution is -2.14. The largest absolute Gasteiger partial charge is 0.507 e. The lowest BCUT2D eigenvalue weighted by molar-refractivity contribution is 0.112. The lowest BCUT2D eigenvalue weighted by atomic mass is 10.0. The van der Waals surface area contributed by atoms with Crippen molar-refractivity contribution in [1.82, 2.24) is 9.80 Å². The van der Waals surface area contributed by atoms with Crippen molar-refractivity contribution >= 4 is 6.29 Å². The quantitative estimate of drug-likeness (QED) is 0.783. The van der Waals surface area contributed by atoms with E-state index in [9.17, 15) is 9.90 Å². The van der Waals surface area contributed by atoms with E-state index in [0.29, 0.717) is 18.4 Å². The van der Waals surface area contributed by atoms with Crippen molar-refractivity contribution in [3.05, 3.63) is 28.8 Å². The van der Waals surface area contributed by atoms with E-state index in [1.165, 1.54) is 0 Å². The molecule has 1 aromatic rings. The summed E-state index contributed by atoms with van der Waals surface area (Å²) in [6.45, 7) is 1.37. The number of nitrogens with zero attached hydrogens (tertiary/aromatic N) is 2. The third-order valence-electron chi connectivity index (χ3n) is 2.39. The van der Waals surface area contributed by atoms with Crippen molar-refractivity contribution in [1.29, 1.82) is 0 Å². The number of aromatic hydroxyl groups is 1. The van der Waals surface area contributed by atoms with Crippen molar-refractivity contribution in [3.8, 4) is 5.75 Å². The normalized spacial score (nSPS) is 11.2. The van der Waals surface area contributed by atoms with Gasteiger partial charge in [0, 0.05) is 18.7 Å². The summed E-state index contributed by atoms with van der Waals surface area (Å²) in [7, 11) is 7.80. The molecule has 0 spiro atoms. The molecule has 4 heteroatoms. The number of benzene rings is 1. The Bertz CT molecular complexity index is 401. The Balaban J connectivity index is 3.13. The van der Waals surface area contributed by atoms with E-state index in [4.69, 9.17) is 0 Å². The van der Waals surface area contributed by atoms with Crippen molar-refractivity contribution in [2.24, 2.45) is 0 Å². The Morgan fingerprint density at radius 2 is 1.71 bits per heavy atom. The van der Waals surface area contributed by atoms with Crippen LogP contribution in [-0.4, -0.2) is 49.4 Å². The zero-order valence-electron chi connectivity index (χ0n) is 10.9. The summed E-state index contributed by atoms with van der Waals surface area (Å²) in [6, 6.07) is 3.68. The lowest BCUT2D eigenvalue weighted by Gasteiger charge is -2.16. The second-order valence-electron chi connectivity index (χ2n) is 4.79. The molecule has 0 fully saturated rings. The zero-order valence-corrected chi connectivity index (χ0v) is 10.9. The second-order valence-corrected chi connectivity index (χ2v) is 4.79. The van der Waals surface area contributed by atoms with Gasteiger partial charge in [0.2, 0.25) is 0 Å². The van der Waals surface area contributed by atoms with Crippen LogP contribution in [0.1, 0.15) is 21.5 Å². The Labute approximate surface area is 102 Å². The van der Waals surface area contributed by atoms with Gasteiger partial charge in [-0.2, -0.15) is 0 Å². The van der Waals surface area contributed by atoms with Crippen LogP contribution in [0, 0.1) is 0 Å². The summed E-state index contributed by atoms with van der Waals surface area (Å²) in [4.78, 5) is 14.9. The van der Waals surface area contributed by atoms with E-state index < -0.39 is 0 Å². The third kappa shape index (κ3) is 3.84. The smallest absolute Gasteiger partial charge is 0.153 e. The maximum atomic E-state index is 10.9. The van der Waals surface area contributed by atoms with Crippen LogP contribution in [0.5, 0.6) is 5.75 Å². The topological polar surface area (TPSA) is 43.8 Å². The van der Waals surface area contributed by atoms with Gasteiger partial charge in [-0.25, -0.2) is 0 Å². The van der Waals surface area contributed by atoms with Gasteiger partial charge in [0.1, 0.15) is 5.75 Å². The fourth-order valence-electron chi connectivity index (χ4n) is 1.79. The summed E-state index contributed by atoms with van der Waals surface area (Å²) in [6.07, 6.45) is 0.702. The molecule has 4 nitrogen and oxygen atoms in total. The summed E-state index contributed by atoms with van der Waals surface area (Å²) in [5.74, 6) is 0.0937. The summed E-state index contributed by atoms with van der Waals surface area (Å²) >= 11 is 0. The maximum Gasteiger partial charge on any atom is 0.153 e. The first-order chi connectivity index (χ1) is 7.93. The van der Waals surface area contributed by atoms with E-state index in [2.05, 4.69) is 0 Å². The molecule has 0 aliphatic rings. The number of phenols is 1. The molecule has 0 atom stereocenters. The van der Waals surface area contributed by atoms with Crippen LogP contribution in [0.3, 0.4) is 0 Å². The molecule has 0 saturated carbocycles. The van der Waals surface area contributed by atoms with Crippen LogP contribution in [0.25, 0.3) is 0 Å². The van der Waals surface area contributed by atoms with Gasteiger partial charge in [-0.1, -0.05) is 0 Å². The number of hydrogen-bond donors (Lipinski definition) is 1. The monoisotopic (exact) mass is 236 g/mol. The van der Waals surface area contributed by atoms with Crippen LogP contribution in [-0.2, 0) is 13.1 Å². The first kappa shape index (κ1) is 13.7. The second kappa shape index (κ2) is 5.80. The van der Waals surface area contributed by atoms with E-state index in [1.807, 2.05) is 44.1 Å². The van der Waals surface area contributed by atoms with Gasteiger partial charge in [0.25, 0.3) is 0 Å². The molecule has 0 amide bonds.